The van der Waals surface area contributed by atoms with E-state index < -0.39 is 0 Å². The molecular formula is C26H47NO4. The number of benzene rings is 1. The minimum absolute atomic E-state index is 0.0417. The molecule has 3 atom stereocenters. The van der Waals surface area contributed by atoms with Crippen molar-refractivity contribution < 1.29 is 19.1 Å². The number of rotatable bonds is 11. The summed E-state index contributed by atoms with van der Waals surface area (Å²) in [5, 5.41) is 3.37. The van der Waals surface area contributed by atoms with Gasteiger partial charge in [-0.15, -0.1) is 0 Å². The summed E-state index contributed by atoms with van der Waals surface area (Å²) >= 11 is 0. The summed E-state index contributed by atoms with van der Waals surface area (Å²) in [5.74, 6) is 0.589. The molecule has 0 radical (unpaired) electrons. The van der Waals surface area contributed by atoms with Crippen LogP contribution >= 0.6 is 0 Å². The van der Waals surface area contributed by atoms with E-state index >= 15 is 0 Å². The van der Waals surface area contributed by atoms with Gasteiger partial charge >= 0.3 is 0 Å². The topological polar surface area (TPSA) is 64.6 Å². The lowest BCUT2D eigenvalue weighted by Gasteiger charge is -2.14. The Kier molecular flexibility index (Phi) is 19.5. The third-order valence-electron chi connectivity index (χ3n) is 4.76. The monoisotopic (exact) mass is 437 g/mol. The number of ketones is 1. The van der Waals surface area contributed by atoms with Gasteiger partial charge in [-0.05, 0) is 66.0 Å². The van der Waals surface area contributed by atoms with Crippen LogP contribution in [0.1, 0.15) is 66.9 Å². The van der Waals surface area contributed by atoms with E-state index in [4.69, 9.17) is 9.47 Å². The molecule has 5 heteroatoms. The molecule has 1 N–H and O–H groups in total. The van der Waals surface area contributed by atoms with Gasteiger partial charge in [0.15, 0.2) is 0 Å². The van der Waals surface area contributed by atoms with E-state index in [-0.39, 0.29) is 23.2 Å². The third-order valence-corrected chi connectivity index (χ3v) is 4.76. The molecule has 0 heterocycles. The van der Waals surface area contributed by atoms with Crippen LogP contribution in [-0.2, 0) is 25.5 Å². The van der Waals surface area contributed by atoms with Crippen LogP contribution < -0.4 is 5.32 Å². The number of nitrogens with one attached hydrogen (secondary N) is 1. The summed E-state index contributed by atoms with van der Waals surface area (Å²) in [5.41, 5.74) is 1.27. The lowest BCUT2D eigenvalue weighted by molar-refractivity contribution is -0.120. The molecular weight excluding hydrogens is 390 g/mol. The van der Waals surface area contributed by atoms with Crippen molar-refractivity contribution in [3.05, 3.63) is 35.9 Å². The van der Waals surface area contributed by atoms with Crippen molar-refractivity contribution in [2.75, 3.05) is 27.4 Å². The van der Waals surface area contributed by atoms with E-state index in [2.05, 4.69) is 12.2 Å². The van der Waals surface area contributed by atoms with Crippen molar-refractivity contribution in [3.63, 3.8) is 0 Å². The minimum Gasteiger partial charge on any atom is -0.385 e. The highest BCUT2D eigenvalue weighted by Gasteiger charge is 2.07. The van der Waals surface area contributed by atoms with Gasteiger partial charge in [0.25, 0.3) is 0 Å². The highest BCUT2D eigenvalue weighted by Crippen LogP contribution is 2.05. The molecule has 0 saturated heterocycles. The Morgan fingerprint density at radius 2 is 1.61 bits per heavy atom. The second-order valence-electron chi connectivity index (χ2n) is 9.06. The molecule has 31 heavy (non-hydrogen) atoms. The Morgan fingerprint density at radius 3 is 2.03 bits per heavy atom. The predicted molar refractivity (Wildman–Crippen MR) is 131 cm³/mol. The van der Waals surface area contributed by atoms with Crippen molar-refractivity contribution >= 4 is 12.1 Å². The zero-order chi connectivity index (χ0) is 24.3. The standard InChI is InChI=1S/C11H23NO2.C10H12O.C5H12O/c1-9(11(3)13)5-7-12-10(2)6-8-14-4;1-9(8-11)7-10-5-3-2-4-6-10;1-5(2,3)6-4/h9-10,12H,5-8H2,1-4H3;2-6,8-9H,7H2,1H3;1-4H3. The Bertz CT molecular complexity index is 554. The highest BCUT2D eigenvalue weighted by atomic mass is 16.5. The van der Waals surface area contributed by atoms with E-state index in [1.807, 2.05) is 65.0 Å². The molecule has 3 unspecified atom stereocenters. The normalized spacial score (nSPS) is 13.6. The van der Waals surface area contributed by atoms with Crippen molar-refractivity contribution in [1.82, 2.24) is 5.32 Å². The van der Waals surface area contributed by atoms with Crippen molar-refractivity contribution in [2.45, 2.75) is 79.4 Å². The van der Waals surface area contributed by atoms with Crippen LogP contribution in [0.15, 0.2) is 30.3 Å². The first-order valence-electron chi connectivity index (χ1n) is 11.2. The van der Waals surface area contributed by atoms with Gasteiger partial charge in [0.1, 0.15) is 12.1 Å². The van der Waals surface area contributed by atoms with Gasteiger partial charge < -0.3 is 19.6 Å². The molecule has 0 amide bonds. The molecule has 0 fully saturated rings. The molecule has 1 aromatic carbocycles. The fourth-order valence-electron chi connectivity index (χ4n) is 2.18. The average molecular weight is 438 g/mol. The summed E-state index contributed by atoms with van der Waals surface area (Å²) in [6.45, 7) is 15.5. The predicted octanol–water partition coefficient (Wildman–Crippen LogP) is 5.11. The molecule has 0 saturated carbocycles. The first-order chi connectivity index (χ1) is 14.5. The smallest absolute Gasteiger partial charge is 0.132 e. The highest BCUT2D eigenvalue weighted by molar-refractivity contribution is 5.77. The molecule has 0 aliphatic heterocycles. The van der Waals surface area contributed by atoms with E-state index in [1.165, 1.54) is 5.56 Å². The summed E-state index contributed by atoms with van der Waals surface area (Å²) in [6, 6.07) is 10.5. The van der Waals surface area contributed by atoms with Crippen LogP contribution in [0.3, 0.4) is 0 Å². The third kappa shape index (κ3) is 22.9. The van der Waals surface area contributed by atoms with Gasteiger partial charge in [-0.25, -0.2) is 0 Å². The van der Waals surface area contributed by atoms with Crippen LogP contribution in [0.5, 0.6) is 0 Å². The number of Topliss-reactive ketones (excluding diaryl/α,β-unsaturated/α-hetero) is 1. The van der Waals surface area contributed by atoms with Crippen LogP contribution in [0.2, 0.25) is 0 Å². The number of methoxy groups -OCH3 is 2. The van der Waals surface area contributed by atoms with E-state index in [1.54, 1.807) is 21.1 Å². The van der Waals surface area contributed by atoms with E-state index in [0.717, 1.165) is 38.7 Å². The average Bonchev–Trinajstić information content (AvgIpc) is 2.73. The molecule has 0 spiro atoms. The van der Waals surface area contributed by atoms with Gasteiger partial charge in [-0.3, -0.25) is 4.79 Å². The lowest BCUT2D eigenvalue weighted by Crippen LogP contribution is -2.29. The van der Waals surface area contributed by atoms with Crippen molar-refractivity contribution in [3.8, 4) is 0 Å². The van der Waals surface area contributed by atoms with Crippen LogP contribution in [-0.4, -0.2) is 51.1 Å². The Hall–Kier alpha value is -1.56. The first kappa shape index (κ1) is 31.6. The van der Waals surface area contributed by atoms with Gasteiger partial charge in [-0.1, -0.05) is 44.2 Å². The maximum atomic E-state index is 10.9. The lowest BCUT2D eigenvalue weighted by atomic mass is 10.0. The van der Waals surface area contributed by atoms with Crippen molar-refractivity contribution in [1.29, 1.82) is 0 Å². The summed E-state index contributed by atoms with van der Waals surface area (Å²) in [6.07, 6.45) is 3.79. The molecule has 0 aromatic heterocycles. The van der Waals surface area contributed by atoms with Crippen molar-refractivity contribution in [2.24, 2.45) is 11.8 Å². The van der Waals surface area contributed by atoms with Crippen LogP contribution in [0, 0.1) is 11.8 Å². The first-order valence-corrected chi connectivity index (χ1v) is 11.2. The Morgan fingerprint density at radius 1 is 1.06 bits per heavy atom. The number of aldehydes is 1. The molecule has 1 aromatic rings. The van der Waals surface area contributed by atoms with E-state index in [0.29, 0.717) is 6.04 Å². The minimum atomic E-state index is 0.0417. The SMILES string of the molecule is CC(C=O)Cc1ccccc1.COC(C)(C)C.COCCC(C)NCCC(C)C(C)=O. The maximum absolute atomic E-state index is 10.9. The second-order valence-corrected chi connectivity index (χ2v) is 9.06. The number of carbonyl (C=O) groups excluding carboxylic acids is 2. The molecule has 0 aliphatic carbocycles. The molecule has 0 aliphatic rings. The van der Waals surface area contributed by atoms with Gasteiger partial charge in [0, 0.05) is 38.7 Å². The van der Waals surface area contributed by atoms with Gasteiger partial charge in [-0.2, -0.15) is 0 Å². The van der Waals surface area contributed by atoms with Gasteiger partial charge in [0.2, 0.25) is 0 Å². The number of hydrogen-bond acceptors (Lipinski definition) is 5. The largest absolute Gasteiger partial charge is 0.385 e. The van der Waals surface area contributed by atoms with Crippen LogP contribution in [0.4, 0.5) is 0 Å². The molecule has 180 valence electrons. The molecule has 5 nitrogen and oxygen atoms in total. The number of ether oxygens (including phenoxy) is 2. The summed E-state index contributed by atoms with van der Waals surface area (Å²) in [7, 11) is 3.42. The zero-order valence-electron chi connectivity index (χ0n) is 21.4. The number of carbonyl (C=O) groups is 2. The van der Waals surface area contributed by atoms with Gasteiger partial charge in [0.05, 0.1) is 5.60 Å². The zero-order valence-corrected chi connectivity index (χ0v) is 21.4. The fourth-order valence-corrected chi connectivity index (χ4v) is 2.18. The summed E-state index contributed by atoms with van der Waals surface area (Å²) < 4.78 is 9.92. The Balaban J connectivity index is 0. The Labute approximate surface area is 191 Å². The van der Waals surface area contributed by atoms with E-state index in [9.17, 15) is 9.59 Å². The second kappa shape index (κ2) is 19.1. The number of hydrogen-bond donors (Lipinski definition) is 1. The fraction of sp³-hybridized carbons (Fsp3) is 0.692. The van der Waals surface area contributed by atoms with Crippen LogP contribution in [0.25, 0.3) is 0 Å². The summed E-state index contributed by atoms with van der Waals surface area (Å²) in [4.78, 5) is 21.3. The molecule has 0 bridgehead atoms. The maximum Gasteiger partial charge on any atom is 0.132 e. The molecule has 1 rings (SSSR count). The quantitative estimate of drug-likeness (QED) is 0.487.